The number of esters is 2. The molecule has 1 atom stereocenters. The molecule has 1 rings (SSSR count). The minimum Gasteiger partial charge on any atom is -0.449 e. The highest BCUT2D eigenvalue weighted by molar-refractivity contribution is 5.88. The number of hydrogen-bond donors (Lipinski definition) is 0. The smallest absolute Gasteiger partial charge is 0.437 e. The number of rotatable bonds is 2. The molecule has 0 aromatic rings. The van der Waals surface area contributed by atoms with Crippen LogP contribution in [0.4, 0.5) is 35.1 Å². The van der Waals surface area contributed by atoms with Crippen LogP contribution in [-0.2, 0) is 19.1 Å². The summed E-state index contributed by atoms with van der Waals surface area (Å²) in [6.07, 6.45) is -15.1. The first kappa shape index (κ1) is 20.2. The average Bonchev–Trinajstić information content (AvgIpc) is 2.32. The fourth-order valence-electron chi connectivity index (χ4n) is 1.93. The predicted molar refractivity (Wildman–Crippen MR) is 59.8 cm³/mol. The first-order valence-corrected chi connectivity index (χ1v) is 6.05. The molecule has 0 amide bonds. The van der Waals surface area contributed by atoms with Crippen molar-refractivity contribution in [2.24, 2.45) is 0 Å². The molecule has 1 aliphatic rings. The van der Waals surface area contributed by atoms with Crippen LogP contribution in [0.2, 0.25) is 0 Å². The lowest BCUT2D eigenvalue weighted by atomic mass is 9.79. The molecule has 12 heteroatoms. The quantitative estimate of drug-likeness (QED) is 0.425. The Balaban J connectivity index is 3.55. The normalized spacial score (nSPS) is 26.5. The number of carbonyl (C=O) groups is 2. The monoisotopic (exact) mass is 370 g/mol. The van der Waals surface area contributed by atoms with Gasteiger partial charge >= 0.3 is 35.8 Å². The van der Waals surface area contributed by atoms with Crippen LogP contribution in [0.1, 0.15) is 20.3 Å². The fraction of sp³-hybridized carbons (Fsp3) is 0.667. The van der Waals surface area contributed by atoms with E-state index in [1.807, 2.05) is 0 Å². The van der Waals surface area contributed by atoms with E-state index in [0.29, 0.717) is 0 Å². The SMILES string of the molecule is C=C(C)C(=O)OC1(C)CC(C(F)(F)F)(C(F)(F)F)OC(=O)C1(F)F. The van der Waals surface area contributed by atoms with E-state index in [0.717, 1.165) is 6.92 Å². The molecule has 0 saturated carbocycles. The third kappa shape index (κ3) is 2.81. The van der Waals surface area contributed by atoms with Gasteiger partial charge in [0.1, 0.15) is 0 Å². The Morgan fingerprint density at radius 3 is 1.92 bits per heavy atom. The minimum absolute atomic E-state index is 0.0838. The highest BCUT2D eigenvalue weighted by Crippen LogP contribution is 2.57. The van der Waals surface area contributed by atoms with E-state index in [4.69, 9.17) is 0 Å². The van der Waals surface area contributed by atoms with Crippen LogP contribution >= 0.6 is 0 Å². The summed E-state index contributed by atoms with van der Waals surface area (Å²) in [5, 5.41) is 0. The van der Waals surface area contributed by atoms with Gasteiger partial charge in [0.25, 0.3) is 0 Å². The van der Waals surface area contributed by atoms with E-state index in [2.05, 4.69) is 16.1 Å². The van der Waals surface area contributed by atoms with Gasteiger partial charge in [-0.1, -0.05) is 6.58 Å². The minimum atomic E-state index is -6.28. The zero-order chi connectivity index (χ0) is 19.4. The zero-order valence-corrected chi connectivity index (χ0v) is 12.1. The van der Waals surface area contributed by atoms with Gasteiger partial charge in [0.15, 0.2) is 5.60 Å². The molecule has 4 nitrogen and oxygen atoms in total. The van der Waals surface area contributed by atoms with Gasteiger partial charge in [-0.3, -0.25) is 0 Å². The molecule has 24 heavy (non-hydrogen) atoms. The molecular weight excluding hydrogens is 360 g/mol. The van der Waals surface area contributed by atoms with Crippen LogP contribution < -0.4 is 0 Å². The summed E-state index contributed by atoms with van der Waals surface area (Å²) in [4.78, 5) is 22.6. The zero-order valence-electron chi connectivity index (χ0n) is 12.1. The molecule has 0 spiro atoms. The molecule has 0 bridgehead atoms. The van der Waals surface area contributed by atoms with Crippen LogP contribution in [0.5, 0.6) is 0 Å². The Kier molecular flexibility index (Phi) is 4.46. The Labute approximate surface area is 129 Å². The second-order valence-corrected chi connectivity index (χ2v) is 5.36. The van der Waals surface area contributed by atoms with Gasteiger partial charge in [-0.2, -0.15) is 35.1 Å². The van der Waals surface area contributed by atoms with Crippen LogP contribution in [0.15, 0.2) is 12.2 Å². The van der Waals surface area contributed by atoms with Gasteiger partial charge in [-0.25, -0.2) is 9.59 Å². The van der Waals surface area contributed by atoms with Crippen molar-refractivity contribution in [2.75, 3.05) is 0 Å². The van der Waals surface area contributed by atoms with Crippen molar-refractivity contribution in [2.45, 2.75) is 49.7 Å². The standard InChI is InChI=1S/C12H10F8O4/c1-5(2)6(21)23-8(3)4-9(11(15,16)17,12(18,19)20)24-7(22)10(8,13)14/h1,4H2,2-3H3. The second kappa shape index (κ2) is 5.31. The predicted octanol–water partition coefficient (Wildman–Crippen LogP) is 3.31. The van der Waals surface area contributed by atoms with Crippen molar-refractivity contribution >= 4 is 11.9 Å². The first-order chi connectivity index (χ1) is 10.4. The van der Waals surface area contributed by atoms with Gasteiger partial charge in [0.05, 0.1) is 6.42 Å². The molecule has 1 aliphatic heterocycles. The van der Waals surface area contributed by atoms with E-state index < -0.39 is 53.4 Å². The van der Waals surface area contributed by atoms with Crippen molar-refractivity contribution in [1.82, 2.24) is 0 Å². The lowest BCUT2D eigenvalue weighted by Crippen LogP contribution is -2.72. The maximum atomic E-state index is 13.9. The molecule has 138 valence electrons. The molecule has 1 fully saturated rings. The fourth-order valence-corrected chi connectivity index (χ4v) is 1.93. The maximum Gasteiger partial charge on any atom is 0.437 e. The summed E-state index contributed by atoms with van der Waals surface area (Å²) in [6, 6.07) is 0. The summed E-state index contributed by atoms with van der Waals surface area (Å²) >= 11 is 0. The average molecular weight is 370 g/mol. The molecule has 0 aromatic heterocycles. The number of carbonyl (C=O) groups excluding carboxylic acids is 2. The summed E-state index contributed by atoms with van der Waals surface area (Å²) in [7, 11) is 0. The third-order valence-electron chi connectivity index (χ3n) is 3.36. The van der Waals surface area contributed by atoms with Crippen LogP contribution in [0.3, 0.4) is 0 Å². The molecule has 1 saturated heterocycles. The Morgan fingerprint density at radius 1 is 1.17 bits per heavy atom. The second-order valence-electron chi connectivity index (χ2n) is 5.36. The molecular formula is C12H10F8O4. The largest absolute Gasteiger partial charge is 0.449 e. The van der Waals surface area contributed by atoms with E-state index in [1.54, 1.807) is 0 Å². The summed E-state index contributed by atoms with van der Waals surface area (Å²) < 4.78 is 113. The maximum absolute atomic E-state index is 13.9. The first-order valence-electron chi connectivity index (χ1n) is 6.05. The Hall–Kier alpha value is -1.88. The summed E-state index contributed by atoms with van der Waals surface area (Å²) in [5.74, 6) is -9.75. The number of hydrogen-bond acceptors (Lipinski definition) is 4. The number of ether oxygens (including phenoxy) is 2. The van der Waals surface area contributed by atoms with E-state index in [1.165, 1.54) is 0 Å². The van der Waals surface area contributed by atoms with E-state index >= 15 is 0 Å². The lowest BCUT2D eigenvalue weighted by Gasteiger charge is -2.48. The van der Waals surface area contributed by atoms with Crippen molar-refractivity contribution in [3.63, 3.8) is 0 Å². The summed E-state index contributed by atoms with van der Waals surface area (Å²) in [6.45, 7) is 3.98. The van der Waals surface area contributed by atoms with Crippen molar-refractivity contribution in [3.8, 4) is 0 Å². The highest BCUT2D eigenvalue weighted by Gasteiger charge is 2.83. The number of halogens is 8. The van der Waals surface area contributed by atoms with Gasteiger partial charge in [-0.15, -0.1) is 0 Å². The number of alkyl halides is 8. The van der Waals surface area contributed by atoms with Crippen LogP contribution in [0, 0.1) is 0 Å². The topological polar surface area (TPSA) is 52.6 Å². The van der Waals surface area contributed by atoms with E-state index in [-0.39, 0.29) is 6.92 Å². The number of cyclic esters (lactones) is 1. The van der Waals surface area contributed by atoms with Crippen molar-refractivity contribution in [1.29, 1.82) is 0 Å². The Bertz CT molecular complexity index is 563. The van der Waals surface area contributed by atoms with Crippen molar-refractivity contribution in [3.05, 3.63) is 12.2 Å². The third-order valence-corrected chi connectivity index (χ3v) is 3.36. The molecule has 1 heterocycles. The molecule has 0 radical (unpaired) electrons. The van der Waals surface area contributed by atoms with Crippen LogP contribution in [0.25, 0.3) is 0 Å². The van der Waals surface area contributed by atoms with Crippen molar-refractivity contribution < 1.29 is 54.2 Å². The Morgan fingerprint density at radius 2 is 1.58 bits per heavy atom. The van der Waals surface area contributed by atoms with Crippen LogP contribution in [-0.4, -0.2) is 41.4 Å². The van der Waals surface area contributed by atoms with Gasteiger partial charge in [0.2, 0.25) is 0 Å². The highest BCUT2D eigenvalue weighted by atomic mass is 19.4. The lowest BCUT2D eigenvalue weighted by molar-refractivity contribution is -0.402. The van der Waals surface area contributed by atoms with Gasteiger partial charge in [0, 0.05) is 5.57 Å². The molecule has 0 N–H and O–H groups in total. The van der Waals surface area contributed by atoms with E-state index in [9.17, 15) is 44.7 Å². The molecule has 0 aliphatic carbocycles. The molecule has 0 aromatic carbocycles. The van der Waals surface area contributed by atoms with Gasteiger partial charge < -0.3 is 9.47 Å². The molecule has 1 unspecified atom stereocenters. The van der Waals surface area contributed by atoms with Gasteiger partial charge in [-0.05, 0) is 13.8 Å². The summed E-state index contributed by atoms with van der Waals surface area (Å²) in [5.41, 5.74) is -9.58.